The van der Waals surface area contributed by atoms with E-state index >= 15 is 0 Å². The molecule has 0 saturated heterocycles. The summed E-state index contributed by atoms with van der Waals surface area (Å²) >= 11 is 0. The highest BCUT2D eigenvalue weighted by atomic mass is 16.5. The van der Waals surface area contributed by atoms with Crippen LogP contribution in [0.4, 0.5) is 0 Å². The van der Waals surface area contributed by atoms with Gasteiger partial charge in [-0.1, -0.05) is 25.7 Å². The highest BCUT2D eigenvalue weighted by Gasteiger charge is 2.08. The number of methoxy groups -OCH3 is 2. The Hall–Kier alpha value is -2.82. The van der Waals surface area contributed by atoms with Crippen LogP contribution in [0.15, 0.2) is 48.6 Å². The maximum Gasteiger partial charge on any atom is 0.337 e. The molecule has 23 heavy (non-hydrogen) atoms. The van der Waals surface area contributed by atoms with Crippen LogP contribution < -0.4 is 4.74 Å². The van der Waals surface area contributed by atoms with Gasteiger partial charge in [-0.2, -0.15) is 0 Å². The minimum absolute atomic E-state index is 0.285. The molecule has 0 aliphatic heterocycles. The number of fused-ring (bicyclic) bond motifs is 1. The van der Waals surface area contributed by atoms with Crippen molar-refractivity contribution in [3.8, 4) is 5.75 Å². The number of carbonyl (C=O) groups excluding carboxylic acids is 1. The van der Waals surface area contributed by atoms with Crippen molar-refractivity contribution in [1.82, 2.24) is 9.97 Å². The quantitative estimate of drug-likeness (QED) is 0.502. The predicted octanol–water partition coefficient (Wildman–Crippen LogP) is 3.65. The summed E-state index contributed by atoms with van der Waals surface area (Å²) in [5.41, 5.74) is 2.91. The number of aromatic nitrogens is 2. The van der Waals surface area contributed by atoms with Crippen molar-refractivity contribution in [2.75, 3.05) is 14.2 Å². The molecule has 0 spiro atoms. The molecule has 2 aromatic rings. The number of benzene rings is 1. The average Bonchev–Trinajstić information content (AvgIpc) is 3.00. The lowest BCUT2D eigenvalue weighted by Gasteiger charge is -1.99. The number of allylic oxidation sites excluding steroid dienone is 3. The molecule has 0 atom stereocenters. The van der Waals surface area contributed by atoms with Crippen LogP contribution in [0, 0.1) is 0 Å². The number of nitrogens with one attached hydrogen (secondary N) is 1. The Morgan fingerprint density at radius 2 is 2.13 bits per heavy atom. The molecule has 0 bridgehead atoms. The topological polar surface area (TPSA) is 64.2 Å². The van der Waals surface area contributed by atoms with Crippen molar-refractivity contribution in [2.45, 2.75) is 13.3 Å². The molecule has 1 aromatic heterocycles. The molecule has 0 radical (unpaired) electrons. The number of hydrogen-bond donors (Lipinski definition) is 1. The van der Waals surface area contributed by atoms with Crippen LogP contribution >= 0.6 is 0 Å². The van der Waals surface area contributed by atoms with E-state index in [1.165, 1.54) is 7.11 Å². The van der Waals surface area contributed by atoms with E-state index in [1.807, 2.05) is 31.2 Å². The molecule has 0 amide bonds. The summed E-state index contributed by atoms with van der Waals surface area (Å²) in [7, 11) is 2.96. The van der Waals surface area contributed by atoms with Crippen molar-refractivity contribution in [3.05, 3.63) is 54.4 Å². The molecule has 2 rings (SSSR count). The fourth-order valence-electron chi connectivity index (χ4n) is 2.11. The van der Waals surface area contributed by atoms with Crippen LogP contribution in [0.5, 0.6) is 5.75 Å². The van der Waals surface area contributed by atoms with Crippen molar-refractivity contribution >= 4 is 22.6 Å². The number of carbonyl (C=O) groups is 1. The van der Waals surface area contributed by atoms with Crippen LogP contribution in [0.2, 0.25) is 0 Å². The molecule has 1 heterocycles. The summed E-state index contributed by atoms with van der Waals surface area (Å²) in [4.78, 5) is 19.2. The number of nitrogens with zero attached hydrogens (tertiary/aromatic N) is 1. The van der Waals surface area contributed by atoms with E-state index < -0.39 is 5.97 Å². The SMILES string of the molecule is C=C(/C=C\C(=C/CC)c1nc2ccc(OC)cc2[nH]1)C(=O)OC. The first kappa shape index (κ1) is 16.5. The highest BCUT2D eigenvalue weighted by Crippen LogP contribution is 2.22. The number of hydrogen-bond acceptors (Lipinski definition) is 4. The Bertz CT molecular complexity index is 785. The van der Waals surface area contributed by atoms with E-state index in [-0.39, 0.29) is 5.57 Å². The molecule has 0 saturated carbocycles. The molecular formula is C18H20N2O3. The number of rotatable bonds is 6. The maximum atomic E-state index is 11.4. The van der Waals surface area contributed by atoms with E-state index in [4.69, 9.17) is 4.74 Å². The first-order chi connectivity index (χ1) is 11.1. The summed E-state index contributed by atoms with van der Waals surface area (Å²) in [5.74, 6) is 1.04. The second kappa shape index (κ2) is 7.45. The second-order valence-corrected chi connectivity index (χ2v) is 4.89. The number of ether oxygens (including phenoxy) is 2. The molecule has 0 aliphatic rings. The summed E-state index contributed by atoms with van der Waals surface area (Å²) in [6, 6.07) is 5.66. The third-order valence-corrected chi connectivity index (χ3v) is 3.30. The predicted molar refractivity (Wildman–Crippen MR) is 91.2 cm³/mol. The molecule has 0 fully saturated rings. The number of imidazole rings is 1. The zero-order chi connectivity index (χ0) is 16.8. The van der Waals surface area contributed by atoms with Gasteiger partial charge in [0, 0.05) is 11.6 Å². The number of esters is 1. The van der Waals surface area contributed by atoms with Gasteiger partial charge in [0.2, 0.25) is 0 Å². The van der Waals surface area contributed by atoms with E-state index in [0.29, 0.717) is 0 Å². The van der Waals surface area contributed by atoms with Gasteiger partial charge < -0.3 is 14.5 Å². The Balaban J connectivity index is 2.34. The Morgan fingerprint density at radius 1 is 1.35 bits per heavy atom. The third kappa shape index (κ3) is 3.88. The van der Waals surface area contributed by atoms with Gasteiger partial charge in [-0.25, -0.2) is 9.78 Å². The maximum absolute atomic E-state index is 11.4. The van der Waals surface area contributed by atoms with Crippen LogP contribution in [0.25, 0.3) is 16.6 Å². The third-order valence-electron chi connectivity index (χ3n) is 3.30. The van der Waals surface area contributed by atoms with Crippen molar-refractivity contribution < 1.29 is 14.3 Å². The molecule has 1 N–H and O–H groups in total. The van der Waals surface area contributed by atoms with Crippen LogP contribution in [-0.2, 0) is 9.53 Å². The zero-order valence-corrected chi connectivity index (χ0v) is 13.6. The lowest BCUT2D eigenvalue weighted by atomic mass is 10.1. The van der Waals surface area contributed by atoms with Gasteiger partial charge in [-0.05, 0) is 24.6 Å². The van der Waals surface area contributed by atoms with Crippen LogP contribution in [-0.4, -0.2) is 30.2 Å². The Morgan fingerprint density at radius 3 is 2.78 bits per heavy atom. The van der Waals surface area contributed by atoms with Gasteiger partial charge in [0.15, 0.2) is 0 Å². The standard InChI is InChI=1S/C18H20N2O3/c1-5-6-13(8-7-12(2)18(21)23-4)17-19-15-10-9-14(22-3)11-16(15)20-17/h6-11H,2,5H2,1,3-4H3,(H,19,20)/b8-7-,13-6+. The van der Waals surface area contributed by atoms with E-state index in [9.17, 15) is 4.79 Å². The fraction of sp³-hybridized carbons (Fsp3) is 0.222. The lowest BCUT2D eigenvalue weighted by Crippen LogP contribution is -2.00. The van der Waals surface area contributed by atoms with Crippen molar-refractivity contribution in [3.63, 3.8) is 0 Å². The van der Waals surface area contributed by atoms with Crippen LogP contribution in [0.1, 0.15) is 19.2 Å². The minimum atomic E-state index is -0.452. The highest BCUT2D eigenvalue weighted by molar-refractivity contribution is 5.91. The molecular weight excluding hydrogens is 292 g/mol. The molecule has 5 heteroatoms. The van der Waals surface area contributed by atoms with Gasteiger partial charge in [0.1, 0.15) is 11.6 Å². The van der Waals surface area contributed by atoms with E-state index in [1.54, 1.807) is 19.3 Å². The number of H-pyrrole nitrogens is 1. The zero-order valence-electron chi connectivity index (χ0n) is 13.6. The first-order valence-electron chi connectivity index (χ1n) is 7.28. The lowest BCUT2D eigenvalue weighted by molar-refractivity contribution is -0.135. The van der Waals surface area contributed by atoms with E-state index in [2.05, 4.69) is 21.3 Å². The smallest absolute Gasteiger partial charge is 0.337 e. The Labute approximate surface area is 135 Å². The molecule has 120 valence electrons. The Kier molecular flexibility index (Phi) is 5.36. The molecule has 5 nitrogen and oxygen atoms in total. The van der Waals surface area contributed by atoms with Gasteiger partial charge in [-0.3, -0.25) is 0 Å². The largest absolute Gasteiger partial charge is 0.497 e. The van der Waals surface area contributed by atoms with Gasteiger partial charge in [0.05, 0.1) is 30.8 Å². The normalized spacial score (nSPS) is 11.9. The summed E-state index contributed by atoms with van der Waals surface area (Å²) in [6.07, 6.45) is 6.29. The summed E-state index contributed by atoms with van der Waals surface area (Å²) in [6.45, 7) is 5.72. The second-order valence-electron chi connectivity index (χ2n) is 4.89. The van der Waals surface area contributed by atoms with Gasteiger partial charge >= 0.3 is 5.97 Å². The summed E-state index contributed by atoms with van der Waals surface area (Å²) in [5, 5.41) is 0. The van der Waals surface area contributed by atoms with Crippen molar-refractivity contribution in [2.24, 2.45) is 0 Å². The van der Waals surface area contributed by atoms with Gasteiger partial charge in [-0.15, -0.1) is 0 Å². The monoisotopic (exact) mass is 312 g/mol. The average molecular weight is 312 g/mol. The molecule has 0 aliphatic carbocycles. The fourth-order valence-corrected chi connectivity index (χ4v) is 2.11. The van der Waals surface area contributed by atoms with Crippen LogP contribution in [0.3, 0.4) is 0 Å². The van der Waals surface area contributed by atoms with Gasteiger partial charge in [0.25, 0.3) is 0 Å². The minimum Gasteiger partial charge on any atom is -0.497 e. The molecule has 1 aromatic carbocycles. The van der Waals surface area contributed by atoms with Crippen molar-refractivity contribution in [1.29, 1.82) is 0 Å². The van der Waals surface area contributed by atoms with E-state index in [0.717, 1.165) is 34.6 Å². The number of aromatic amines is 1. The first-order valence-corrected chi connectivity index (χ1v) is 7.28. The molecule has 0 unspecified atom stereocenters. The summed E-state index contributed by atoms with van der Waals surface area (Å²) < 4.78 is 9.85.